The predicted octanol–water partition coefficient (Wildman–Crippen LogP) is 2.81. The molecule has 1 unspecified atom stereocenters. The number of benzene rings is 1. The number of methoxy groups -OCH3 is 1. The van der Waals surface area contributed by atoms with Crippen LogP contribution < -0.4 is 9.47 Å². The number of likely N-dealkylation sites (tertiary alicyclic amines) is 1. The van der Waals surface area contributed by atoms with Crippen molar-refractivity contribution in [2.24, 2.45) is 5.92 Å². The highest BCUT2D eigenvalue weighted by atomic mass is 16.5. The van der Waals surface area contributed by atoms with Crippen LogP contribution in [0.15, 0.2) is 18.2 Å². The molecule has 1 aromatic rings. The predicted molar refractivity (Wildman–Crippen MR) is 89.6 cm³/mol. The summed E-state index contributed by atoms with van der Waals surface area (Å²) in [6.45, 7) is 6.68. The van der Waals surface area contributed by atoms with Gasteiger partial charge in [-0.05, 0) is 43.9 Å². The molecule has 1 amide bonds. The first kappa shape index (κ1) is 18.1. The quantitative estimate of drug-likeness (QED) is 0.865. The van der Waals surface area contributed by atoms with Crippen molar-refractivity contribution < 1.29 is 24.2 Å². The van der Waals surface area contributed by atoms with Crippen molar-refractivity contribution in [3.63, 3.8) is 0 Å². The van der Waals surface area contributed by atoms with Crippen molar-refractivity contribution >= 4 is 11.9 Å². The number of ether oxygens (including phenoxy) is 2. The number of hydrogen-bond donors (Lipinski definition) is 1. The van der Waals surface area contributed by atoms with Gasteiger partial charge in [-0.15, -0.1) is 0 Å². The van der Waals surface area contributed by atoms with E-state index in [0.717, 1.165) is 0 Å². The van der Waals surface area contributed by atoms with Gasteiger partial charge in [0.25, 0.3) is 5.91 Å². The van der Waals surface area contributed by atoms with E-state index >= 15 is 0 Å². The molecule has 132 valence electrons. The van der Waals surface area contributed by atoms with E-state index in [1.54, 1.807) is 25.1 Å². The number of carbonyl (C=O) groups excluding carboxylic acids is 1. The minimum Gasteiger partial charge on any atom is -0.493 e. The van der Waals surface area contributed by atoms with E-state index in [1.807, 2.05) is 13.8 Å². The first-order chi connectivity index (χ1) is 11.3. The van der Waals surface area contributed by atoms with Gasteiger partial charge in [0.1, 0.15) is 5.54 Å². The number of carboxylic acid groups (broad SMARTS) is 1. The fourth-order valence-electron chi connectivity index (χ4n) is 2.84. The Morgan fingerprint density at radius 3 is 2.62 bits per heavy atom. The molecule has 0 aromatic heterocycles. The fourth-order valence-corrected chi connectivity index (χ4v) is 2.84. The number of hydrogen-bond acceptors (Lipinski definition) is 4. The Hall–Kier alpha value is -2.24. The van der Waals surface area contributed by atoms with Crippen molar-refractivity contribution in [1.82, 2.24) is 4.90 Å². The zero-order valence-electron chi connectivity index (χ0n) is 14.7. The van der Waals surface area contributed by atoms with Crippen molar-refractivity contribution in [3.05, 3.63) is 23.8 Å². The average molecular weight is 335 g/mol. The largest absolute Gasteiger partial charge is 0.493 e. The fraction of sp³-hybridized carbons (Fsp3) is 0.556. The van der Waals surface area contributed by atoms with Gasteiger partial charge >= 0.3 is 5.97 Å². The second-order valence-electron chi connectivity index (χ2n) is 6.71. The van der Waals surface area contributed by atoms with Gasteiger partial charge < -0.3 is 19.5 Å². The van der Waals surface area contributed by atoms with Crippen molar-refractivity contribution in [3.8, 4) is 11.5 Å². The third-order valence-corrected chi connectivity index (χ3v) is 4.33. The lowest BCUT2D eigenvalue weighted by molar-refractivity contribution is -0.147. The highest BCUT2D eigenvalue weighted by molar-refractivity contribution is 5.98. The van der Waals surface area contributed by atoms with Crippen LogP contribution in [0.4, 0.5) is 0 Å². The monoisotopic (exact) mass is 335 g/mol. The summed E-state index contributed by atoms with van der Waals surface area (Å²) in [6.07, 6.45) is 1.14. The Morgan fingerprint density at radius 1 is 1.33 bits per heavy atom. The first-order valence-corrected chi connectivity index (χ1v) is 8.16. The molecule has 6 nitrogen and oxygen atoms in total. The zero-order chi connectivity index (χ0) is 17.9. The second-order valence-corrected chi connectivity index (χ2v) is 6.71. The number of aliphatic carboxylic acids is 1. The van der Waals surface area contributed by atoms with Crippen LogP contribution >= 0.6 is 0 Å². The molecule has 1 aliphatic heterocycles. The minimum atomic E-state index is -1.16. The smallest absolute Gasteiger partial charge is 0.329 e. The Balaban J connectivity index is 2.25. The second kappa shape index (κ2) is 7.11. The molecule has 0 saturated carbocycles. The molecule has 1 atom stereocenters. The summed E-state index contributed by atoms with van der Waals surface area (Å²) in [4.78, 5) is 25.8. The van der Waals surface area contributed by atoms with Gasteiger partial charge in [-0.2, -0.15) is 0 Å². The highest BCUT2D eigenvalue weighted by Crippen LogP contribution is 2.33. The van der Waals surface area contributed by atoms with E-state index in [1.165, 1.54) is 12.0 Å². The molecule has 24 heavy (non-hydrogen) atoms. The number of rotatable bonds is 6. The molecule has 0 bridgehead atoms. The molecule has 1 aliphatic rings. The van der Waals surface area contributed by atoms with Gasteiger partial charge in [-0.25, -0.2) is 4.79 Å². The van der Waals surface area contributed by atoms with Crippen LogP contribution in [0.1, 0.15) is 44.0 Å². The summed E-state index contributed by atoms with van der Waals surface area (Å²) < 4.78 is 11.0. The van der Waals surface area contributed by atoms with E-state index in [4.69, 9.17) is 9.47 Å². The maximum absolute atomic E-state index is 12.8. The summed E-state index contributed by atoms with van der Waals surface area (Å²) >= 11 is 0. The van der Waals surface area contributed by atoms with Gasteiger partial charge in [-0.3, -0.25) is 4.79 Å². The van der Waals surface area contributed by atoms with Crippen molar-refractivity contribution in [2.45, 2.75) is 39.2 Å². The average Bonchev–Trinajstić information content (AvgIpc) is 2.95. The SMILES string of the molecule is COc1cc(C(=O)N2CCCC2(C)C(=O)O)ccc1OCC(C)C. The lowest BCUT2D eigenvalue weighted by Crippen LogP contribution is -2.50. The number of nitrogens with zero attached hydrogens (tertiary/aromatic N) is 1. The van der Waals surface area contributed by atoms with E-state index in [0.29, 0.717) is 49.0 Å². The Bertz CT molecular complexity index is 628. The van der Waals surface area contributed by atoms with E-state index in [2.05, 4.69) is 0 Å². The Labute approximate surface area is 142 Å². The minimum absolute atomic E-state index is 0.300. The number of carbonyl (C=O) groups is 2. The number of carboxylic acids is 1. The van der Waals surface area contributed by atoms with E-state index < -0.39 is 11.5 Å². The van der Waals surface area contributed by atoms with Crippen LogP contribution in [-0.2, 0) is 4.79 Å². The van der Waals surface area contributed by atoms with Crippen molar-refractivity contribution in [1.29, 1.82) is 0 Å². The summed E-state index contributed by atoms with van der Waals surface area (Å²) in [6, 6.07) is 4.96. The van der Waals surface area contributed by atoms with Crippen molar-refractivity contribution in [2.75, 3.05) is 20.3 Å². The van der Waals surface area contributed by atoms with Crippen LogP contribution in [0.3, 0.4) is 0 Å². The molecule has 2 rings (SSSR count). The lowest BCUT2D eigenvalue weighted by atomic mass is 9.98. The van der Waals surface area contributed by atoms with Crippen LogP contribution in [0.2, 0.25) is 0 Å². The standard InChI is InChI=1S/C18H25NO5/c1-12(2)11-24-14-7-6-13(10-15(14)23-4)16(20)19-9-5-8-18(19,3)17(21)22/h6-7,10,12H,5,8-9,11H2,1-4H3,(H,21,22). The van der Waals surface area contributed by atoms with Crippen LogP contribution in [-0.4, -0.2) is 47.7 Å². The molecule has 6 heteroatoms. The maximum atomic E-state index is 12.8. The summed E-state index contributed by atoms with van der Waals surface area (Å²) in [5, 5.41) is 9.47. The first-order valence-electron chi connectivity index (χ1n) is 8.16. The van der Waals surface area contributed by atoms with Gasteiger partial charge in [0.15, 0.2) is 11.5 Å². The van der Waals surface area contributed by atoms with Crippen LogP contribution in [0, 0.1) is 5.92 Å². The summed E-state index contributed by atoms with van der Waals surface area (Å²) in [5.74, 6) is 0.142. The number of amides is 1. The molecular formula is C18H25NO5. The molecule has 1 heterocycles. The maximum Gasteiger partial charge on any atom is 0.329 e. The molecule has 0 radical (unpaired) electrons. The topological polar surface area (TPSA) is 76.1 Å². The molecule has 1 N–H and O–H groups in total. The molecule has 1 fully saturated rings. The molecule has 1 saturated heterocycles. The molecule has 0 aliphatic carbocycles. The van der Waals surface area contributed by atoms with Gasteiger partial charge in [-0.1, -0.05) is 13.8 Å². The molecule has 0 spiro atoms. The van der Waals surface area contributed by atoms with E-state index in [-0.39, 0.29) is 5.91 Å². The lowest BCUT2D eigenvalue weighted by Gasteiger charge is -2.31. The van der Waals surface area contributed by atoms with Crippen LogP contribution in [0.5, 0.6) is 11.5 Å². The summed E-state index contributed by atoms with van der Waals surface area (Å²) in [7, 11) is 1.52. The molecule has 1 aromatic carbocycles. The highest BCUT2D eigenvalue weighted by Gasteiger charge is 2.46. The zero-order valence-corrected chi connectivity index (χ0v) is 14.7. The van der Waals surface area contributed by atoms with Crippen LogP contribution in [0.25, 0.3) is 0 Å². The summed E-state index contributed by atoms with van der Waals surface area (Å²) in [5.41, 5.74) is -0.755. The van der Waals surface area contributed by atoms with Gasteiger partial charge in [0, 0.05) is 12.1 Å². The molecular weight excluding hydrogens is 310 g/mol. The van der Waals surface area contributed by atoms with Gasteiger partial charge in [0.2, 0.25) is 0 Å². The Kier molecular flexibility index (Phi) is 5.36. The Morgan fingerprint density at radius 2 is 2.04 bits per heavy atom. The third kappa shape index (κ3) is 3.47. The third-order valence-electron chi connectivity index (χ3n) is 4.33. The normalized spacial score (nSPS) is 20.3. The van der Waals surface area contributed by atoms with Gasteiger partial charge in [0.05, 0.1) is 13.7 Å². The van der Waals surface area contributed by atoms with E-state index in [9.17, 15) is 14.7 Å².